The maximum absolute atomic E-state index is 13.6. The molecule has 1 unspecified atom stereocenters. The molecule has 1 atom stereocenters. The molecular weight excluding hydrogens is 269 g/mol. The summed E-state index contributed by atoms with van der Waals surface area (Å²) < 4.78 is 13.6. The molecule has 0 bridgehead atoms. The molecule has 1 aromatic rings. The molecule has 0 aliphatic carbocycles. The summed E-state index contributed by atoms with van der Waals surface area (Å²) in [6.45, 7) is 7.36. The largest absolute Gasteiger partial charge is 0.372 e. The lowest BCUT2D eigenvalue weighted by molar-refractivity contribution is 0.234. The highest BCUT2D eigenvalue weighted by molar-refractivity contribution is 5.74. The number of amides is 2. The van der Waals surface area contributed by atoms with Gasteiger partial charge in [0.1, 0.15) is 5.82 Å². The van der Waals surface area contributed by atoms with Gasteiger partial charge in [-0.3, -0.25) is 0 Å². The van der Waals surface area contributed by atoms with Crippen molar-refractivity contribution < 1.29 is 9.18 Å². The lowest BCUT2D eigenvalue weighted by atomic mass is 10.1. The fourth-order valence-corrected chi connectivity index (χ4v) is 1.82. The van der Waals surface area contributed by atoms with Gasteiger partial charge in [0.05, 0.1) is 5.69 Å². The molecule has 0 heterocycles. The van der Waals surface area contributed by atoms with E-state index < -0.39 is 0 Å². The maximum Gasteiger partial charge on any atom is 0.315 e. The van der Waals surface area contributed by atoms with Crippen LogP contribution < -0.4 is 15.5 Å². The number of anilines is 1. The van der Waals surface area contributed by atoms with Gasteiger partial charge in [0, 0.05) is 26.2 Å². The van der Waals surface area contributed by atoms with Crippen molar-refractivity contribution >= 4 is 11.7 Å². The minimum absolute atomic E-state index is 0.145. The molecule has 2 amide bonds. The van der Waals surface area contributed by atoms with Gasteiger partial charge in [-0.1, -0.05) is 26.0 Å². The van der Waals surface area contributed by atoms with Crippen molar-refractivity contribution in [2.75, 3.05) is 25.0 Å². The number of rotatable bonds is 7. The fraction of sp³-hybridized carbons (Fsp3) is 0.562. The van der Waals surface area contributed by atoms with E-state index in [9.17, 15) is 9.18 Å². The van der Waals surface area contributed by atoms with Gasteiger partial charge in [-0.2, -0.15) is 0 Å². The Morgan fingerprint density at radius 3 is 2.57 bits per heavy atom. The number of benzene rings is 1. The molecule has 1 rings (SSSR count). The first-order valence-corrected chi connectivity index (χ1v) is 7.42. The van der Waals surface area contributed by atoms with Crippen LogP contribution in [0.2, 0.25) is 0 Å². The molecule has 0 fully saturated rings. The molecule has 5 heteroatoms. The number of para-hydroxylation sites is 1. The summed E-state index contributed by atoms with van der Waals surface area (Å²) >= 11 is 0. The number of halogens is 1. The Kier molecular flexibility index (Phi) is 6.99. The van der Waals surface area contributed by atoms with Crippen LogP contribution >= 0.6 is 0 Å². The molecule has 0 saturated heterocycles. The van der Waals surface area contributed by atoms with E-state index in [2.05, 4.69) is 24.5 Å². The number of carbonyl (C=O) groups excluding carboxylic acids is 1. The maximum atomic E-state index is 13.6. The average Bonchev–Trinajstić information content (AvgIpc) is 2.43. The molecule has 21 heavy (non-hydrogen) atoms. The quantitative estimate of drug-likeness (QED) is 0.760. The summed E-state index contributed by atoms with van der Waals surface area (Å²) in [5.74, 6) is 0.180. The molecule has 1 aromatic carbocycles. The summed E-state index contributed by atoms with van der Waals surface area (Å²) in [5.41, 5.74) is 0.579. The Balaban J connectivity index is 2.25. The van der Waals surface area contributed by atoms with E-state index in [0.29, 0.717) is 24.7 Å². The number of hydrogen-bond donors (Lipinski definition) is 2. The smallest absolute Gasteiger partial charge is 0.315 e. The van der Waals surface area contributed by atoms with E-state index >= 15 is 0 Å². The number of nitrogens with zero attached hydrogens (tertiary/aromatic N) is 1. The van der Waals surface area contributed by atoms with Gasteiger partial charge < -0.3 is 15.5 Å². The van der Waals surface area contributed by atoms with Crippen LogP contribution in [0.25, 0.3) is 0 Å². The van der Waals surface area contributed by atoms with Crippen LogP contribution in [0.5, 0.6) is 0 Å². The summed E-state index contributed by atoms with van der Waals surface area (Å²) in [6, 6.07) is 6.68. The molecule has 0 spiro atoms. The molecule has 118 valence electrons. The van der Waals surface area contributed by atoms with Crippen LogP contribution in [0.4, 0.5) is 14.9 Å². The second-order valence-corrected chi connectivity index (χ2v) is 5.66. The average molecular weight is 295 g/mol. The van der Waals surface area contributed by atoms with E-state index in [1.54, 1.807) is 12.1 Å². The molecule has 0 saturated carbocycles. The number of hydrogen-bond acceptors (Lipinski definition) is 2. The molecule has 4 nitrogen and oxygen atoms in total. The van der Waals surface area contributed by atoms with Crippen molar-refractivity contribution in [3.05, 3.63) is 30.1 Å². The monoisotopic (exact) mass is 295 g/mol. The molecule has 0 aromatic heterocycles. The van der Waals surface area contributed by atoms with E-state index in [4.69, 9.17) is 0 Å². The van der Waals surface area contributed by atoms with Crippen LogP contribution in [0.1, 0.15) is 27.2 Å². The summed E-state index contributed by atoms with van der Waals surface area (Å²) in [4.78, 5) is 13.5. The Morgan fingerprint density at radius 2 is 1.95 bits per heavy atom. The van der Waals surface area contributed by atoms with E-state index in [0.717, 1.165) is 6.42 Å². The van der Waals surface area contributed by atoms with Crippen molar-refractivity contribution in [2.24, 2.45) is 5.92 Å². The lowest BCUT2D eigenvalue weighted by Crippen LogP contribution is -2.43. The van der Waals surface area contributed by atoms with Crippen molar-refractivity contribution in [2.45, 2.75) is 33.2 Å². The van der Waals surface area contributed by atoms with Gasteiger partial charge in [0.15, 0.2) is 0 Å². The van der Waals surface area contributed by atoms with Crippen molar-refractivity contribution in [1.82, 2.24) is 10.6 Å². The minimum Gasteiger partial charge on any atom is -0.372 e. The highest BCUT2D eigenvalue weighted by atomic mass is 19.1. The van der Waals surface area contributed by atoms with Crippen LogP contribution in [0.15, 0.2) is 24.3 Å². The molecule has 0 aliphatic rings. The zero-order valence-electron chi connectivity index (χ0n) is 13.3. The van der Waals surface area contributed by atoms with Gasteiger partial charge in [-0.05, 0) is 31.4 Å². The first kappa shape index (κ1) is 17.3. The number of nitrogens with one attached hydrogen (secondary N) is 2. The SMILES string of the molecule is CC(C)C(C)NC(=O)NCCCN(C)c1ccccc1F. The Morgan fingerprint density at radius 1 is 1.29 bits per heavy atom. The Bertz CT molecular complexity index is 451. The van der Waals surface area contributed by atoms with Crippen LogP contribution in [-0.4, -0.2) is 32.2 Å². The first-order valence-electron chi connectivity index (χ1n) is 7.42. The molecule has 0 radical (unpaired) electrons. The van der Waals surface area contributed by atoms with E-state index in [1.165, 1.54) is 6.07 Å². The Hall–Kier alpha value is -1.78. The van der Waals surface area contributed by atoms with E-state index in [1.807, 2.05) is 24.9 Å². The molecule has 2 N–H and O–H groups in total. The minimum atomic E-state index is -0.225. The standard InChI is InChI=1S/C16H26FN3O/c1-12(2)13(3)19-16(21)18-10-7-11-20(4)15-9-6-5-8-14(15)17/h5-6,8-9,12-13H,7,10-11H2,1-4H3,(H2,18,19,21). The van der Waals surface area contributed by atoms with Crippen LogP contribution in [0, 0.1) is 11.7 Å². The zero-order valence-corrected chi connectivity index (χ0v) is 13.3. The predicted octanol–water partition coefficient (Wildman–Crippen LogP) is 3.00. The van der Waals surface area contributed by atoms with Gasteiger partial charge in [0.2, 0.25) is 0 Å². The summed E-state index contributed by atoms with van der Waals surface area (Å²) in [6.07, 6.45) is 0.758. The second-order valence-electron chi connectivity index (χ2n) is 5.66. The molecular formula is C16H26FN3O. The number of urea groups is 1. The van der Waals surface area contributed by atoms with Gasteiger partial charge in [0.25, 0.3) is 0 Å². The highest BCUT2D eigenvalue weighted by Crippen LogP contribution is 2.16. The van der Waals surface area contributed by atoms with Crippen LogP contribution in [0.3, 0.4) is 0 Å². The third-order valence-electron chi connectivity index (χ3n) is 3.58. The zero-order chi connectivity index (χ0) is 15.8. The number of carbonyl (C=O) groups is 1. The lowest BCUT2D eigenvalue weighted by Gasteiger charge is -2.20. The van der Waals surface area contributed by atoms with Gasteiger partial charge >= 0.3 is 6.03 Å². The first-order chi connectivity index (χ1) is 9.91. The summed E-state index contributed by atoms with van der Waals surface area (Å²) in [5, 5.41) is 5.70. The second kappa shape index (κ2) is 8.49. The van der Waals surface area contributed by atoms with Gasteiger partial charge in [-0.25, -0.2) is 9.18 Å². The van der Waals surface area contributed by atoms with Crippen molar-refractivity contribution in [3.63, 3.8) is 0 Å². The fourth-order valence-electron chi connectivity index (χ4n) is 1.82. The third kappa shape index (κ3) is 6.02. The van der Waals surface area contributed by atoms with Crippen molar-refractivity contribution in [1.29, 1.82) is 0 Å². The molecule has 0 aliphatic heterocycles. The predicted molar refractivity (Wildman–Crippen MR) is 85.1 cm³/mol. The highest BCUT2D eigenvalue weighted by Gasteiger charge is 2.10. The third-order valence-corrected chi connectivity index (χ3v) is 3.58. The van der Waals surface area contributed by atoms with Gasteiger partial charge in [-0.15, -0.1) is 0 Å². The Labute approximate surface area is 126 Å². The van der Waals surface area contributed by atoms with Crippen LogP contribution in [-0.2, 0) is 0 Å². The normalized spacial score (nSPS) is 12.1. The summed E-state index contributed by atoms with van der Waals surface area (Å²) in [7, 11) is 1.85. The van der Waals surface area contributed by atoms with E-state index in [-0.39, 0.29) is 17.9 Å². The van der Waals surface area contributed by atoms with Crippen molar-refractivity contribution in [3.8, 4) is 0 Å². The topological polar surface area (TPSA) is 44.4 Å².